The molecule has 2 heterocycles. The minimum Gasteiger partial charge on any atom is -0.496 e. The van der Waals surface area contributed by atoms with E-state index in [0.717, 1.165) is 24.1 Å². The average molecular weight is 395 g/mol. The molecule has 0 atom stereocenters. The van der Waals surface area contributed by atoms with Crippen molar-refractivity contribution in [3.05, 3.63) is 46.8 Å². The Morgan fingerprint density at radius 3 is 2.62 bits per heavy atom. The summed E-state index contributed by atoms with van der Waals surface area (Å²) in [6, 6.07) is 10.4. The van der Waals surface area contributed by atoms with Crippen LogP contribution >= 0.6 is 11.3 Å². The fraction of sp³-hybridized carbons (Fsp3) is 0.389. The number of ether oxygens (including phenoxy) is 1. The molecule has 0 bridgehead atoms. The third-order valence-corrected chi connectivity index (χ3v) is 7.77. The molecule has 0 saturated carbocycles. The Morgan fingerprint density at radius 2 is 1.88 bits per heavy atom. The second-order valence-corrected chi connectivity index (χ2v) is 9.40. The van der Waals surface area contributed by atoms with Gasteiger partial charge in [0.05, 0.1) is 19.2 Å². The Balaban J connectivity index is 1.66. The number of hydrogen-bond donors (Lipinski definition) is 1. The Labute approximate surface area is 157 Å². The molecule has 1 aromatic heterocycles. The van der Waals surface area contributed by atoms with Crippen molar-refractivity contribution in [2.75, 3.05) is 20.2 Å². The number of carbonyl (C=O) groups excluding carboxylic acids is 1. The highest BCUT2D eigenvalue weighted by Gasteiger charge is 2.27. The normalized spacial score (nSPS) is 15.6. The van der Waals surface area contributed by atoms with E-state index in [4.69, 9.17) is 4.74 Å². The van der Waals surface area contributed by atoms with Gasteiger partial charge < -0.3 is 10.1 Å². The minimum atomic E-state index is -3.42. The molecule has 1 fully saturated rings. The SMILES string of the molecule is COc1ccccc1C(=O)NCc1ccc(S(=O)(=O)N2CCCCC2)s1. The molecule has 1 aromatic carbocycles. The molecule has 0 unspecified atom stereocenters. The maximum atomic E-state index is 12.7. The largest absolute Gasteiger partial charge is 0.496 e. The number of rotatable bonds is 6. The van der Waals surface area contributed by atoms with Crippen molar-refractivity contribution in [3.8, 4) is 5.75 Å². The molecule has 0 spiro atoms. The van der Waals surface area contributed by atoms with Gasteiger partial charge in [0, 0.05) is 18.0 Å². The number of thiophene rings is 1. The number of hydrogen-bond acceptors (Lipinski definition) is 5. The number of benzene rings is 1. The smallest absolute Gasteiger partial charge is 0.255 e. The van der Waals surface area contributed by atoms with Crippen LogP contribution in [0.5, 0.6) is 5.75 Å². The number of carbonyl (C=O) groups is 1. The predicted molar refractivity (Wildman–Crippen MR) is 101 cm³/mol. The van der Waals surface area contributed by atoms with Gasteiger partial charge >= 0.3 is 0 Å². The van der Waals surface area contributed by atoms with Gasteiger partial charge in [0.1, 0.15) is 9.96 Å². The molecule has 1 amide bonds. The fourth-order valence-electron chi connectivity index (χ4n) is 2.92. The first kappa shape index (κ1) is 18.9. The summed E-state index contributed by atoms with van der Waals surface area (Å²) in [5.74, 6) is 0.251. The Bertz CT molecular complexity index is 871. The molecule has 3 rings (SSSR count). The zero-order valence-electron chi connectivity index (χ0n) is 14.6. The number of nitrogens with one attached hydrogen (secondary N) is 1. The van der Waals surface area contributed by atoms with Crippen LogP contribution in [-0.4, -0.2) is 38.8 Å². The number of para-hydroxylation sites is 1. The maximum Gasteiger partial charge on any atom is 0.255 e. The molecule has 0 radical (unpaired) electrons. The first-order valence-electron chi connectivity index (χ1n) is 8.52. The van der Waals surface area contributed by atoms with E-state index < -0.39 is 10.0 Å². The summed E-state index contributed by atoms with van der Waals surface area (Å²) < 4.78 is 32.4. The quantitative estimate of drug-likeness (QED) is 0.817. The van der Waals surface area contributed by atoms with Gasteiger partial charge in [0.2, 0.25) is 0 Å². The van der Waals surface area contributed by atoms with Crippen LogP contribution in [0.4, 0.5) is 0 Å². The van der Waals surface area contributed by atoms with Crippen molar-refractivity contribution in [1.29, 1.82) is 0 Å². The highest BCUT2D eigenvalue weighted by atomic mass is 32.2. The molecule has 1 saturated heterocycles. The molecule has 6 nitrogen and oxygen atoms in total. The standard InChI is InChI=1S/C18H22N2O4S2/c1-24-16-8-4-3-7-15(16)18(21)19-13-14-9-10-17(25-14)26(22,23)20-11-5-2-6-12-20/h3-4,7-10H,2,5-6,11-13H2,1H3,(H,19,21). The summed E-state index contributed by atoms with van der Waals surface area (Å²) in [6.07, 6.45) is 2.90. The fourth-order valence-corrected chi connectivity index (χ4v) is 5.89. The number of amides is 1. The van der Waals surface area contributed by atoms with E-state index in [1.165, 1.54) is 18.4 Å². The van der Waals surface area contributed by atoms with E-state index in [0.29, 0.717) is 28.6 Å². The van der Waals surface area contributed by atoms with E-state index >= 15 is 0 Å². The van der Waals surface area contributed by atoms with Crippen molar-refractivity contribution in [2.45, 2.75) is 30.0 Å². The monoisotopic (exact) mass is 394 g/mol. The third-order valence-electron chi connectivity index (χ3n) is 4.32. The first-order chi connectivity index (χ1) is 12.5. The lowest BCUT2D eigenvalue weighted by atomic mass is 10.2. The third kappa shape index (κ3) is 4.08. The lowest BCUT2D eigenvalue weighted by Crippen LogP contribution is -2.35. The lowest BCUT2D eigenvalue weighted by Gasteiger charge is -2.25. The zero-order valence-corrected chi connectivity index (χ0v) is 16.2. The number of nitrogens with zero attached hydrogens (tertiary/aromatic N) is 1. The summed E-state index contributed by atoms with van der Waals surface area (Å²) in [5, 5.41) is 2.82. The molecule has 0 aliphatic carbocycles. The van der Waals surface area contributed by atoms with Crippen LogP contribution < -0.4 is 10.1 Å². The lowest BCUT2D eigenvalue weighted by molar-refractivity contribution is 0.0948. The van der Waals surface area contributed by atoms with Crippen molar-refractivity contribution < 1.29 is 17.9 Å². The predicted octanol–water partition coefficient (Wildman–Crippen LogP) is 2.86. The second kappa shape index (κ2) is 8.20. The van der Waals surface area contributed by atoms with Crippen LogP contribution in [0, 0.1) is 0 Å². The molecule has 140 valence electrons. The summed E-state index contributed by atoms with van der Waals surface area (Å²) in [5.41, 5.74) is 0.452. The molecule has 1 N–H and O–H groups in total. The molecular weight excluding hydrogens is 372 g/mol. The Hall–Kier alpha value is -1.90. The van der Waals surface area contributed by atoms with E-state index in [-0.39, 0.29) is 12.5 Å². The molecule has 8 heteroatoms. The molecule has 1 aliphatic rings. The van der Waals surface area contributed by atoms with Crippen molar-refractivity contribution in [3.63, 3.8) is 0 Å². The Kier molecular flexibility index (Phi) is 5.95. The first-order valence-corrected chi connectivity index (χ1v) is 10.8. The van der Waals surface area contributed by atoms with Crippen LogP contribution in [0.1, 0.15) is 34.5 Å². The Morgan fingerprint density at radius 1 is 1.15 bits per heavy atom. The van der Waals surface area contributed by atoms with E-state index in [2.05, 4.69) is 5.32 Å². The molecular formula is C18H22N2O4S2. The van der Waals surface area contributed by atoms with Crippen LogP contribution in [-0.2, 0) is 16.6 Å². The van der Waals surface area contributed by atoms with E-state index in [1.54, 1.807) is 40.7 Å². The zero-order chi connectivity index (χ0) is 18.6. The van der Waals surface area contributed by atoms with Gasteiger partial charge in [-0.2, -0.15) is 4.31 Å². The molecule has 26 heavy (non-hydrogen) atoms. The van der Waals surface area contributed by atoms with Crippen molar-refractivity contribution >= 4 is 27.3 Å². The number of sulfonamides is 1. The molecule has 2 aromatic rings. The van der Waals surface area contributed by atoms with E-state index in [9.17, 15) is 13.2 Å². The van der Waals surface area contributed by atoms with Gasteiger partial charge in [-0.25, -0.2) is 8.42 Å². The van der Waals surface area contributed by atoms with Crippen LogP contribution in [0.2, 0.25) is 0 Å². The summed E-state index contributed by atoms with van der Waals surface area (Å²) in [4.78, 5) is 13.1. The van der Waals surface area contributed by atoms with Crippen molar-refractivity contribution in [1.82, 2.24) is 9.62 Å². The van der Waals surface area contributed by atoms with Gasteiger partial charge in [-0.3, -0.25) is 4.79 Å². The van der Waals surface area contributed by atoms with Crippen molar-refractivity contribution in [2.24, 2.45) is 0 Å². The van der Waals surface area contributed by atoms with Crippen LogP contribution in [0.15, 0.2) is 40.6 Å². The second-order valence-electron chi connectivity index (χ2n) is 6.07. The van der Waals surface area contributed by atoms with Crippen LogP contribution in [0.25, 0.3) is 0 Å². The topological polar surface area (TPSA) is 75.7 Å². The summed E-state index contributed by atoms with van der Waals surface area (Å²) >= 11 is 1.21. The highest BCUT2D eigenvalue weighted by molar-refractivity contribution is 7.91. The van der Waals surface area contributed by atoms with Gasteiger partial charge in [-0.1, -0.05) is 18.6 Å². The van der Waals surface area contributed by atoms with Gasteiger partial charge in [0.15, 0.2) is 0 Å². The van der Waals surface area contributed by atoms with Gasteiger partial charge in [0.25, 0.3) is 15.9 Å². The maximum absolute atomic E-state index is 12.7. The summed E-state index contributed by atoms with van der Waals surface area (Å²) in [6.45, 7) is 1.44. The highest BCUT2D eigenvalue weighted by Crippen LogP contribution is 2.27. The average Bonchev–Trinajstić information content (AvgIpc) is 3.16. The van der Waals surface area contributed by atoms with Crippen LogP contribution in [0.3, 0.4) is 0 Å². The summed E-state index contributed by atoms with van der Waals surface area (Å²) in [7, 11) is -1.91. The van der Waals surface area contributed by atoms with Gasteiger partial charge in [-0.15, -0.1) is 11.3 Å². The van der Waals surface area contributed by atoms with E-state index in [1.807, 2.05) is 0 Å². The van der Waals surface area contributed by atoms with Gasteiger partial charge in [-0.05, 0) is 37.1 Å². The molecule has 1 aliphatic heterocycles. The number of methoxy groups -OCH3 is 1. The number of piperidine rings is 1. The minimum absolute atomic E-state index is 0.253.